The summed E-state index contributed by atoms with van der Waals surface area (Å²) in [5.74, 6) is -3.77. The topological polar surface area (TPSA) is 317 Å². The van der Waals surface area contributed by atoms with Crippen LogP contribution in [0.3, 0.4) is 0 Å². The fraction of sp³-hybridized carbons (Fsp3) is 0.554. The van der Waals surface area contributed by atoms with Crippen LogP contribution in [-0.2, 0) is 59.2 Å². The van der Waals surface area contributed by atoms with Crippen LogP contribution in [0.5, 0.6) is 0 Å². The number of carbonyl (C=O) groups excluding carboxylic acids is 11. The molecule has 1 fully saturated rings. The summed E-state index contributed by atoms with van der Waals surface area (Å²) in [6.45, 7) is 17.2. The van der Waals surface area contributed by atoms with E-state index in [1.165, 1.54) is 11.0 Å². The molecule has 2 aliphatic rings. The first kappa shape index (κ1) is 75.7. The number of unbranched alkanes of at least 4 members (excludes halogenated alkanes) is 2. The van der Waals surface area contributed by atoms with Gasteiger partial charge in [-0.25, -0.2) is 19.2 Å². The van der Waals surface area contributed by atoms with Crippen LogP contribution >= 0.6 is 24.2 Å². The number of halogens is 1. The number of nitrogens with zero attached hydrogens (tertiary/aromatic N) is 1. The zero-order valence-electron chi connectivity index (χ0n) is 52.9. The quantitative estimate of drug-likeness (QED) is 0.00450. The smallest absolute Gasteiger partial charge is 0.407 e. The van der Waals surface area contributed by atoms with Gasteiger partial charge in [0.15, 0.2) is 11.6 Å². The summed E-state index contributed by atoms with van der Waals surface area (Å²) < 4.78 is 16.5. The molecule has 490 valence electrons. The highest BCUT2D eigenvalue weighted by atomic mass is 35.5. The van der Waals surface area contributed by atoms with Crippen molar-refractivity contribution in [2.75, 3.05) is 31.5 Å². The number of carbonyl (C=O) groups is 11. The number of allylic oxidation sites excluding steroid dienone is 6. The Balaban J connectivity index is 1.42. The Morgan fingerprint density at radius 3 is 2.15 bits per heavy atom. The number of primary amides is 1. The van der Waals surface area contributed by atoms with Crippen LogP contribution in [-0.4, -0.2) is 126 Å². The largest absolute Gasteiger partial charge is 0.458 e. The number of anilines is 1. The number of rotatable bonds is 37. The van der Waals surface area contributed by atoms with Crippen molar-refractivity contribution in [3.63, 3.8) is 0 Å². The molecule has 0 aromatic heterocycles. The second kappa shape index (κ2) is 39.5. The van der Waals surface area contributed by atoms with Gasteiger partial charge in [-0.15, -0.1) is 0 Å². The number of Topliss-reactive ketones (excluding diaryl/α,β-unsaturated/α-hetero) is 2. The molecule has 0 bridgehead atoms. The zero-order valence-corrected chi connectivity index (χ0v) is 54.6. The highest BCUT2D eigenvalue weighted by Gasteiger charge is 2.36. The van der Waals surface area contributed by atoms with Crippen molar-refractivity contribution in [1.82, 2.24) is 31.5 Å². The summed E-state index contributed by atoms with van der Waals surface area (Å²) in [5, 5.41) is 16.2. The minimum absolute atomic E-state index is 0.00570. The molecule has 24 heteroatoms. The predicted molar refractivity (Wildman–Crippen MR) is 344 cm³/mol. The number of hydrogen-bond donors (Lipinski definition) is 8. The third-order valence-corrected chi connectivity index (χ3v) is 15.1. The van der Waals surface area contributed by atoms with Gasteiger partial charge in [-0.1, -0.05) is 126 Å². The van der Waals surface area contributed by atoms with Gasteiger partial charge in [0.2, 0.25) is 29.5 Å². The Kier molecular flexibility index (Phi) is 33.6. The normalized spacial score (nSPS) is 17.4. The van der Waals surface area contributed by atoms with Crippen molar-refractivity contribution >= 4 is 95.2 Å². The molecule has 2 heterocycles. The summed E-state index contributed by atoms with van der Waals surface area (Å²) in [7, 11) is 0. The summed E-state index contributed by atoms with van der Waals surface area (Å²) >= 11 is 10.2. The molecule has 0 radical (unpaired) electrons. The van der Waals surface area contributed by atoms with E-state index in [1.807, 2.05) is 52.8 Å². The lowest BCUT2D eigenvalue weighted by atomic mass is 9.83. The first-order valence-electron chi connectivity index (χ1n) is 30.4. The van der Waals surface area contributed by atoms with Gasteiger partial charge in [0.1, 0.15) is 18.8 Å². The molecule has 1 unspecified atom stereocenters. The van der Waals surface area contributed by atoms with E-state index in [0.717, 1.165) is 5.57 Å². The van der Waals surface area contributed by atoms with E-state index < -0.39 is 64.8 Å². The molecule has 9 amide bonds. The number of cyclic esters (lactones) is 1. The maximum Gasteiger partial charge on any atom is 0.407 e. The number of ketones is 2. The third kappa shape index (κ3) is 30.0. The molecule has 0 spiro atoms. The Morgan fingerprint density at radius 2 is 1.52 bits per heavy atom. The molecule has 8 N–H and O–H groups in total. The predicted octanol–water partition coefficient (Wildman–Crippen LogP) is 9.04. The average Bonchev–Trinajstić information content (AvgIpc) is 4.00. The van der Waals surface area contributed by atoms with Gasteiger partial charge in [0.25, 0.3) is 0 Å². The molecule has 0 saturated carbocycles. The summed E-state index contributed by atoms with van der Waals surface area (Å²) in [4.78, 5) is 141. The Hall–Kier alpha value is -7.53. The van der Waals surface area contributed by atoms with Gasteiger partial charge in [-0.3, -0.25) is 38.5 Å². The van der Waals surface area contributed by atoms with Gasteiger partial charge >= 0.3 is 24.2 Å². The van der Waals surface area contributed by atoms with E-state index >= 15 is 0 Å². The van der Waals surface area contributed by atoms with E-state index in [0.29, 0.717) is 66.8 Å². The fourth-order valence-corrected chi connectivity index (χ4v) is 9.86. The zero-order chi connectivity index (χ0) is 66.2. The van der Waals surface area contributed by atoms with E-state index in [-0.39, 0.29) is 125 Å². The lowest BCUT2D eigenvalue weighted by Gasteiger charge is -2.29. The van der Waals surface area contributed by atoms with E-state index in [9.17, 15) is 52.7 Å². The van der Waals surface area contributed by atoms with Gasteiger partial charge < -0.3 is 51.8 Å². The number of nitrogens with one attached hydrogen (secondary N) is 6. The van der Waals surface area contributed by atoms with Crippen LogP contribution < -0.4 is 37.6 Å². The molecule has 3 rings (SSSR count). The second-order valence-electron chi connectivity index (χ2n) is 23.8. The van der Waals surface area contributed by atoms with Gasteiger partial charge in [0.05, 0.1) is 17.3 Å². The van der Waals surface area contributed by atoms with Crippen molar-refractivity contribution in [3.05, 3.63) is 101 Å². The Bertz CT molecular complexity index is 2800. The van der Waals surface area contributed by atoms with Crippen LogP contribution in [0.2, 0.25) is 0 Å². The Labute approximate surface area is 534 Å². The third-order valence-electron chi connectivity index (χ3n) is 14.5. The first-order valence-corrected chi connectivity index (χ1v) is 31.3. The lowest BCUT2D eigenvalue weighted by molar-refractivity contribution is -0.147. The SMILES string of the molecule is CC1=CC[C@@H]([C@@H](C)/C=C(C)/C=C\C=C/C(=O)N[C@H](C(=O)C/C=C\C[C@H](C/C=C(\C)Cl)OC(=O)NCCCNC(=O)OCc2ccc(NC(=O)[C@H](CCCNC(N)=O)CC(=O)[C@@H](NC(=O)CCCCCN3C(=O)CC(S)C3=O)C(C)C)cc2)C(C)(C)C)OC1=O. The van der Waals surface area contributed by atoms with Gasteiger partial charge in [-0.05, 0) is 81.9 Å². The number of benzene rings is 1. The average molecular weight is 1280 g/mol. The van der Waals surface area contributed by atoms with E-state index in [1.54, 1.807) is 82.3 Å². The van der Waals surface area contributed by atoms with Crippen LogP contribution in [0, 0.1) is 23.2 Å². The van der Waals surface area contributed by atoms with Crippen molar-refractivity contribution in [3.8, 4) is 0 Å². The van der Waals surface area contributed by atoms with Gasteiger partial charge in [-0.2, -0.15) is 12.6 Å². The molecule has 1 aromatic carbocycles. The van der Waals surface area contributed by atoms with E-state index in [2.05, 4.69) is 44.5 Å². The maximum atomic E-state index is 13.7. The molecule has 89 heavy (non-hydrogen) atoms. The number of alkyl carbamates (subject to hydrolysis) is 2. The minimum atomic E-state index is -0.871. The highest BCUT2D eigenvalue weighted by molar-refractivity contribution is 7.81. The van der Waals surface area contributed by atoms with Crippen LogP contribution in [0.1, 0.15) is 151 Å². The fourth-order valence-electron chi connectivity index (χ4n) is 9.47. The molecule has 7 atom stereocenters. The van der Waals surface area contributed by atoms with Crippen LogP contribution in [0.4, 0.5) is 20.1 Å². The molecular weight excluding hydrogens is 1180 g/mol. The molecule has 1 aromatic rings. The monoisotopic (exact) mass is 1280 g/mol. The van der Waals surface area contributed by atoms with Crippen LogP contribution in [0.25, 0.3) is 0 Å². The summed E-state index contributed by atoms with van der Waals surface area (Å²) in [6.07, 6.45) is 17.0. The van der Waals surface area contributed by atoms with Crippen molar-refractivity contribution in [2.45, 2.75) is 182 Å². The number of amides is 9. The lowest BCUT2D eigenvalue weighted by Crippen LogP contribution is -2.48. The number of imide groups is 1. The number of thiol groups is 1. The molecule has 1 saturated heterocycles. The molecule has 22 nitrogen and oxygen atoms in total. The standard InChI is InChI=1S/C65H93ClN8O14S/c1-41(2)57(72-54(77)23-11-10-16-36-74-56(79)39-53(89)60(74)81)51(76)38-47(20-17-33-68-62(67)83)59(80)71-48-29-27-46(28-30-48)40-86-63(84)69-34-18-35-70-64(85)87-49(31-26-45(6)66)21-13-14-22-50(75)58(65(7,8)9)73-55(78)24-15-12-19-42(3)37-44(5)52-32-25-43(4)61(82)88-52/h12-15,19,24-30,37,41,44,47,49,52-53,57-58,89H,10-11,16-18,20-23,31-36,38-40H2,1-9H3,(H,69,84)(H,70,85)(H,71,80)(H,72,77)(H,73,78)(H3,67,68,83)/b14-13-,19-12-,24-15-,42-37+,45-26+/t44-,47+,49+,52-,53?,57-,58+/m0/s1. The first-order chi connectivity index (χ1) is 42.0. The number of nitrogens with two attached hydrogens (primary N) is 1. The minimum Gasteiger partial charge on any atom is -0.458 e. The molecular formula is C65H93ClN8O14S. The highest BCUT2D eigenvalue weighted by Crippen LogP contribution is 2.25. The molecule has 0 aliphatic carbocycles. The number of hydrogen-bond acceptors (Lipinski definition) is 15. The van der Waals surface area contributed by atoms with Crippen molar-refractivity contribution < 1.29 is 67.0 Å². The Morgan fingerprint density at radius 1 is 0.843 bits per heavy atom. The molecule has 2 aliphatic heterocycles. The number of urea groups is 1. The van der Waals surface area contributed by atoms with Gasteiger partial charge in [0, 0.05) is 105 Å². The number of ether oxygens (including phenoxy) is 3. The summed E-state index contributed by atoms with van der Waals surface area (Å²) in [5.41, 5.74) is 7.19. The van der Waals surface area contributed by atoms with Crippen molar-refractivity contribution in [2.24, 2.45) is 28.9 Å². The number of likely N-dealkylation sites (tertiary alicyclic amines) is 1. The van der Waals surface area contributed by atoms with Crippen molar-refractivity contribution in [1.29, 1.82) is 0 Å². The van der Waals surface area contributed by atoms with E-state index in [4.69, 9.17) is 31.5 Å². The van der Waals surface area contributed by atoms with Crippen LogP contribution in [0.15, 0.2) is 95.1 Å². The summed E-state index contributed by atoms with van der Waals surface area (Å²) in [6, 6.07) is 4.16. The maximum absolute atomic E-state index is 13.7. The second-order valence-corrected chi connectivity index (χ2v) is 25.0. The number of esters is 1.